The molecule has 2 N–H and O–H groups in total. The second kappa shape index (κ2) is 7.79. The number of rotatable bonds is 6. The second-order valence-electron chi connectivity index (χ2n) is 7.61. The second-order valence-corrected chi connectivity index (χ2v) is 10.2. The molecule has 0 spiro atoms. The van der Waals surface area contributed by atoms with Gasteiger partial charge in [-0.25, -0.2) is 8.42 Å². The standard InChI is InChI=1S/C21H24N2O3S2/c1-27-18-8-10-19(11-9-18)28(25,26)23-17-6-4-15(5-7-17)21(24)22-20-13-14-2-3-16(20)12-14/h4-11,14,16,20,23H,2-3,12-13H2,1H3,(H,22,24)/t14-,16-,20+/m0/s1. The quantitative estimate of drug-likeness (QED) is 0.695. The first kappa shape index (κ1) is 19.3. The van der Waals surface area contributed by atoms with Crippen molar-refractivity contribution in [1.29, 1.82) is 0 Å². The van der Waals surface area contributed by atoms with Crippen molar-refractivity contribution in [2.75, 3.05) is 11.0 Å². The largest absolute Gasteiger partial charge is 0.349 e. The Balaban J connectivity index is 1.40. The van der Waals surface area contributed by atoms with Gasteiger partial charge in [0.2, 0.25) is 0 Å². The van der Waals surface area contributed by atoms with Crippen LogP contribution >= 0.6 is 11.8 Å². The van der Waals surface area contributed by atoms with Crippen LogP contribution in [0.3, 0.4) is 0 Å². The molecule has 2 aliphatic carbocycles. The van der Waals surface area contributed by atoms with Crippen molar-refractivity contribution >= 4 is 33.4 Å². The Morgan fingerprint density at radius 3 is 2.29 bits per heavy atom. The fourth-order valence-electron chi connectivity index (χ4n) is 4.33. The summed E-state index contributed by atoms with van der Waals surface area (Å²) < 4.78 is 27.6. The van der Waals surface area contributed by atoms with E-state index in [1.807, 2.05) is 6.26 Å². The molecular weight excluding hydrogens is 392 g/mol. The van der Waals surface area contributed by atoms with E-state index in [2.05, 4.69) is 10.0 Å². The number of fused-ring (bicyclic) bond motifs is 2. The van der Waals surface area contributed by atoms with Gasteiger partial charge in [-0.1, -0.05) is 6.42 Å². The zero-order valence-electron chi connectivity index (χ0n) is 15.7. The van der Waals surface area contributed by atoms with Crippen LogP contribution < -0.4 is 10.0 Å². The highest BCUT2D eigenvalue weighted by Crippen LogP contribution is 2.44. The van der Waals surface area contributed by atoms with Gasteiger partial charge in [-0.3, -0.25) is 9.52 Å². The summed E-state index contributed by atoms with van der Waals surface area (Å²) in [7, 11) is -3.66. The van der Waals surface area contributed by atoms with Crippen LogP contribution in [0.4, 0.5) is 5.69 Å². The SMILES string of the molecule is CSc1ccc(S(=O)(=O)Nc2ccc(C(=O)N[C@@H]3C[C@H]4CC[C@H]3C4)cc2)cc1. The predicted molar refractivity (Wildman–Crippen MR) is 112 cm³/mol. The number of hydrogen-bond donors (Lipinski definition) is 2. The molecule has 3 atom stereocenters. The maximum Gasteiger partial charge on any atom is 0.261 e. The van der Waals surface area contributed by atoms with Gasteiger partial charge in [0, 0.05) is 22.2 Å². The number of benzene rings is 2. The van der Waals surface area contributed by atoms with E-state index >= 15 is 0 Å². The summed E-state index contributed by atoms with van der Waals surface area (Å²) in [6.07, 6.45) is 6.78. The maximum atomic E-state index is 12.5. The van der Waals surface area contributed by atoms with Crippen molar-refractivity contribution in [3.8, 4) is 0 Å². The van der Waals surface area contributed by atoms with Gasteiger partial charge in [0.1, 0.15) is 0 Å². The van der Waals surface area contributed by atoms with Gasteiger partial charge in [-0.05, 0) is 85.9 Å². The van der Waals surface area contributed by atoms with E-state index in [-0.39, 0.29) is 16.8 Å². The molecule has 2 fully saturated rings. The third-order valence-corrected chi connectivity index (χ3v) is 7.96. The molecule has 0 unspecified atom stereocenters. The Morgan fingerprint density at radius 2 is 1.71 bits per heavy atom. The minimum atomic E-state index is -3.66. The normalized spacial score (nSPS) is 23.5. The van der Waals surface area contributed by atoms with E-state index in [1.165, 1.54) is 19.3 Å². The summed E-state index contributed by atoms with van der Waals surface area (Å²) >= 11 is 1.56. The Morgan fingerprint density at radius 1 is 1.00 bits per heavy atom. The highest BCUT2D eigenvalue weighted by atomic mass is 32.2. The molecule has 0 saturated heterocycles. The van der Waals surface area contributed by atoms with Gasteiger partial charge in [-0.15, -0.1) is 11.8 Å². The Kier molecular flexibility index (Phi) is 5.38. The van der Waals surface area contributed by atoms with Crippen LogP contribution in [0.15, 0.2) is 58.3 Å². The van der Waals surface area contributed by atoms with Crippen molar-refractivity contribution in [3.63, 3.8) is 0 Å². The summed E-state index contributed by atoms with van der Waals surface area (Å²) in [6.45, 7) is 0. The van der Waals surface area contributed by atoms with E-state index in [4.69, 9.17) is 0 Å². The first-order valence-corrected chi connectivity index (χ1v) is 12.2. The van der Waals surface area contributed by atoms with Gasteiger partial charge in [-0.2, -0.15) is 0 Å². The van der Waals surface area contributed by atoms with E-state index in [9.17, 15) is 13.2 Å². The van der Waals surface area contributed by atoms with Crippen molar-refractivity contribution in [2.45, 2.75) is 41.5 Å². The first-order chi connectivity index (χ1) is 13.4. The van der Waals surface area contributed by atoms with E-state index in [1.54, 1.807) is 60.3 Å². The van der Waals surface area contributed by atoms with Gasteiger partial charge >= 0.3 is 0 Å². The predicted octanol–water partition coefficient (Wildman–Crippen LogP) is 4.13. The lowest BCUT2D eigenvalue weighted by atomic mass is 9.95. The number of carbonyl (C=O) groups excluding carboxylic acids is 1. The van der Waals surface area contributed by atoms with E-state index in [0.717, 1.165) is 17.2 Å². The lowest BCUT2D eigenvalue weighted by molar-refractivity contribution is 0.0923. The number of sulfonamides is 1. The number of thioether (sulfide) groups is 1. The minimum absolute atomic E-state index is 0.0837. The number of anilines is 1. The van der Waals surface area contributed by atoms with Crippen molar-refractivity contribution < 1.29 is 13.2 Å². The van der Waals surface area contributed by atoms with Gasteiger partial charge in [0.25, 0.3) is 15.9 Å². The van der Waals surface area contributed by atoms with Crippen LogP contribution in [-0.4, -0.2) is 26.6 Å². The maximum absolute atomic E-state index is 12.5. The summed E-state index contributed by atoms with van der Waals surface area (Å²) in [5.74, 6) is 1.31. The third kappa shape index (κ3) is 4.05. The average molecular weight is 417 g/mol. The molecule has 28 heavy (non-hydrogen) atoms. The molecule has 0 aliphatic heterocycles. The summed E-state index contributed by atoms with van der Waals surface area (Å²) in [5, 5.41) is 3.15. The van der Waals surface area contributed by atoms with Crippen LogP contribution in [0.25, 0.3) is 0 Å². The average Bonchev–Trinajstić information content (AvgIpc) is 3.31. The molecule has 2 aliphatic rings. The number of carbonyl (C=O) groups is 1. The number of nitrogens with one attached hydrogen (secondary N) is 2. The molecule has 2 aromatic carbocycles. The van der Waals surface area contributed by atoms with Gasteiger partial charge in [0.05, 0.1) is 4.90 Å². The van der Waals surface area contributed by atoms with Gasteiger partial charge in [0.15, 0.2) is 0 Å². The fourth-order valence-corrected chi connectivity index (χ4v) is 5.80. The Hall–Kier alpha value is -1.99. The monoisotopic (exact) mass is 416 g/mol. The van der Waals surface area contributed by atoms with Crippen molar-refractivity contribution in [1.82, 2.24) is 5.32 Å². The number of amides is 1. The molecule has 5 nitrogen and oxygen atoms in total. The van der Waals surface area contributed by atoms with E-state index in [0.29, 0.717) is 17.2 Å². The molecule has 7 heteroatoms. The molecule has 2 aromatic rings. The zero-order valence-corrected chi connectivity index (χ0v) is 17.4. The minimum Gasteiger partial charge on any atom is -0.349 e. The molecule has 0 radical (unpaired) electrons. The van der Waals surface area contributed by atoms with E-state index < -0.39 is 10.0 Å². The molecular formula is C21H24N2O3S2. The van der Waals surface area contributed by atoms with Crippen molar-refractivity contribution in [2.24, 2.45) is 11.8 Å². The van der Waals surface area contributed by atoms with Crippen LogP contribution in [0.2, 0.25) is 0 Å². The first-order valence-electron chi connectivity index (χ1n) is 9.52. The van der Waals surface area contributed by atoms with Crippen LogP contribution in [-0.2, 0) is 10.0 Å². The molecule has 0 heterocycles. The van der Waals surface area contributed by atoms with Crippen LogP contribution in [0.1, 0.15) is 36.0 Å². The topological polar surface area (TPSA) is 75.3 Å². The molecule has 4 rings (SSSR count). The summed E-state index contributed by atoms with van der Waals surface area (Å²) in [5.41, 5.74) is 0.987. The lowest BCUT2D eigenvalue weighted by Gasteiger charge is -2.22. The molecule has 148 valence electrons. The zero-order chi connectivity index (χ0) is 19.7. The Bertz CT molecular complexity index is 956. The van der Waals surface area contributed by atoms with Crippen molar-refractivity contribution in [3.05, 3.63) is 54.1 Å². The third-order valence-electron chi connectivity index (χ3n) is 5.82. The van der Waals surface area contributed by atoms with Gasteiger partial charge < -0.3 is 5.32 Å². The lowest BCUT2D eigenvalue weighted by Crippen LogP contribution is -2.38. The molecule has 2 saturated carbocycles. The summed E-state index contributed by atoms with van der Waals surface area (Å²) in [6, 6.07) is 13.6. The fraction of sp³-hybridized carbons (Fsp3) is 0.381. The Labute approximate surface area is 170 Å². The molecule has 0 aromatic heterocycles. The molecule has 1 amide bonds. The smallest absolute Gasteiger partial charge is 0.261 e. The summed E-state index contributed by atoms with van der Waals surface area (Å²) in [4.78, 5) is 13.7. The number of hydrogen-bond acceptors (Lipinski definition) is 4. The van der Waals surface area contributed by atoms with Crippen LogP contribution in [0.5, 0.6) is 0 Å². The molecule has 2 bridgehead atoms. The van der Waals surface area contributed by atoms with Crippen LogP contribution in [0, 0.1) is 11.8 Å². The highest BCUT2D eigenvalue weighted by molar-refractivity contribution is 7.98. The highest BCUT2D eigenvalue weighted by Gasteiger charge is 2.40.